The number of benzene rings is 1. The molecule has 154 valence electrons. The maximum Gasteiger partial charge on any atom is 0.225 e. The number of guanidine groups is 1. The van der Waals surface area contributed by atoms with Gasteiger partial charge in [-0.3, -0.25) is 4.99 Å². The molecule has 1 fully saturated rings. The van der Waals surface area contributed by atoms with Crippen molar-refractivity contribution in [2.75, 3.05) is 45.2 Å². The van der Waals surface area contributed by atoms with Gasteiger partial charge in [-0.05, 0) is 25.1 Å². The maximum absolute atomic E-state index is 5.91. The third-order valence-corrected chi connectivity index (χ3v) is 5.36. The molecule has 29 heavy (non-hydrogen) atoms. The molecule has 0 spiro atoms. The number of rotatable bonds is 4. The van der Waals surface area contributed by atoms with Crippen molar-refractivity contribution in [1.82, 2.24) is 20.2 Å². The van der Waals surface area contributed by atoms with E-state index >= 15 is 0 Å². The quantitative estimate of drug-likeness (QED) is 0.623. The van der Waals surface area contributed by atoms with Crippen molar-refractivity contribution in [3.63, 3.8) is 0 Å². The van der Waals surface area contributed by atoms with Crippen LogP contribution in [0.1, 0.15) is 18.1 Å². The fraction of sp³-hybridized carbons (Fsp3) is 0.476. The van der Waals surface area contributed by atoms with Gasteiger partial charge in [0, 0.05) is 69.7 Å². The Morgan fingerprint density at radius 3 is 2.69 bits per heavy atom. The molecule has 3 heterocycles. The lowest BCUT2D eigenvalue weighted by Crippen LogP contribution is -2.52. The Kier molecular flexibility index (Phi) is 5.69. The second-order valence-corrected chi connectivity index (χ2v) is 7.33. The number of aliphatic imine (C=N–C) groups is 1. The summed E-state index contributed by atoms with van der Waals surface area (Å²) in [5.74, 6) is 3.51. The number of ether oxygens (including phenoxy) is 2. The van der Waals surface area contributed by atoms with Crippen LogP contribution in [0.25, 0.3) is 0 Å². The van der Waals surface area contributed by atoms with Gasteiger partial charge in [0.25, 0.3) is 0 Å². The van der Waals surface area contributed by atoms with Crippen LogP contribution in [0.2, 0.25) is 0 Å². The van der Waals surface area contributed by atoms with Crippen LogP contribution in [-0.4, -0.2) is 67.3 Å². The second kappa shape index (κ2) is 8.55. The van der Waals surface area contributed by atoms with Gasteiger partial charge in [-0.1, -0.05) is 0 Å². The van der Waals surface area contributed by atoms with Gasteiger partial charge >= 0.3 is 0 Å². The normalized spacial score (nSPS) is 19.0. The van der Waals surface area contributed by atoms with Crippen molar-refractivity contribution in [3.8, 4) is 11.5 Å². The molecule has 8 nitrogen and oxygen atoms in total. The zero-order valence-electron chi connectivity index (χ0n) is 17.3. The van der Waals surface area contributed by atoms with E-state index in [-0.39, 0.29) is 6.10 Å². The first kappa shape index (κ1) is 19.3. The third-order valence-electron chi connectivity index (χ3n) is 5.36. The van der Waals surface area contributed by atoms with Gasteiger partial charge in [0.1, 0.15) is 17.6 Å². The monoisotopic (exact) mass is 396 g/mol. The van der Waals surface area contributed by atoms with Crippen molar-refractivity contribution in [2.45, 2.75) is 26.0 Å². The molecule has 0 bridgehead atoms. The summed E-state index contributed by atoms with van der Waals surface area (Å²) in [6.45, 7) is 6.16. The third kappa shape index (κ3) is 4.21. The van der Waals surface area contributed by atoms with E-state index in [2.05, 4.69) is 49.1 Å². The summed E-state index contributed by atoms with van der Waals surface area (Å²) >= 11 is 0. The van der Waals surface area contributed by atoms with E-state index < -0.39 is 0 Å². The minimum absolute atomic E-state index is 0.218. The van der Waals surface area contributed by atoms with E-state index in [1.54, 1.807) is 19.5 Å². The molecule has 1 unspecified atom stereocenters. The average molecular weight is 396 g/mol. The number of fused-ring (bicyclic) bond motifs is 1. The predicted molar refractivity (Wildman–Crippen MR) is 113 cm³/mol. The summed E-state index contributed by atoms with van der Waals surface area (Å²) in [6, 6.07) is 6.02. The molecule has 1 aromatic heterocycles. The highest BCUT2D eigenvalue weighted by Crippen LogP contribution is 2.34. The molecule has 1 saturated heterocycles. The number of piperazine rings is 1. The molecule has 0 saturated carbocycles. The van der Waals surface area contributed by atoms with Gasteiger partial charge in [0.05, 0.1) is 7.11 Å². The van der Waals surface area contributed by atoms with Crippen LogP contribution in [0.3, 0.4) is 0 Å². The van der Waals surface area contributed by atoms with Crippen LogP contribution in [0.15, 0.2) is 35.6 Å². The highest BCUT2D eigenvalue weighted by molar-refractivity contribution is 5.80. The van der Waals surface area contributed by atoms with Gasteiger partial charge in [-0.15, -0.1) is 0 Å². The lowest BCUT2D eigenvalue weighted by Gasteiger charge is -2.36. The van der Waals surface area contributed by atoms with Gasteiger partial charge < -0.3 is 24.6 Å². The molecule has 1 atom stereocenters. The molecule has 2 aliphatic heterocycles. The van der Waals surface area contributed by atoms with Gasteiger partial charge in [-0.2, -0.15) is 0 Å². The number of nitrogens with zero attached hydrogens (tertiary/aromatic N) is 5. The molecule has 0 aliphatic carbocycles. The van der Waals surface area contributed by atoms with Crippen molar-refractivity contribution < 1.29 is 9.47 Å². The molecule has 2 aliphatic rings. The smallest absolute Gasteiger partial charge is 0.225 e. The Hall–Kier alpha value is -3.03. The number of methoxy groups -OCH3 is 1. The number of nitrogens with one attached hydrogen (secondary N) is 1. The van der Waals surface area contributed by atoms with E-state index in [1.807, 2.05) is 13.1 Å². The van der Waals surface area contributed by atoms with Gasteiger partial charge in [0.15, 0.2) is 5.96 Å². The minimum Gasteiger partial charge on any atom is -0.496 e. The Bertz CT molecular complexity index is 865. The lowest BCUT2D eigenvalue weighted by atomic mass is 10.1. The predicted octanol–water partition coefficient (Wildman–Crippen LogP) is 1.71. The number of anilines is 1. The van der Waals surface area contributed by atoms with Gasteiger partial charge in [-0.25, -0.2) is 9.97 Å². The summed E-state index contributed by atoms with van der Waals surface area (Å²) in [5.41, 5.74) is 2.28. The molecular formula is C21H28N6O2. The van der Waals surface area contributed by atoms with E-state index in [4.69, 9.17) is 9.47 Å². The number of hydrogen-bond acceptors (Lipinski definition) is 6. The molecule has 0 amide bonds. The Labute approximate surface area is 171 Å². The molecule has 8 heteroatoms. The largest absolute Gasteiger partial charge is 0.496 e. The highest BCUT2D eigenvalue weighted by Gasteiger charge is 2.23. The lowest BCUT2D eigenvalue weighted by molar-refractivity contribution is 0.254. The number of hydrogen-bond donors (Lipinski definition) is 1. The van der Waals surface area contributed by atoms with Gasteiger partial charge in [0.2, 0.25) is 5.95 Å². The first-order chi connectivity index (χ1) is 14.2. The molecule has 4 rings (SSSR count). The minimum atomic E-state index is 0.218. The second-order valence-electron chi connectivity index (χ2n) is 7.33. The van der Waals surface area contributed by atoms with Crippen LogP contribution >= 0.6 is 0 Å². The summed E-state index contributed by atoms with van der Waals surface area (Å²) < 4.78 is 11.5. The summed E-state index contributed by atoms with van der Waals surface area (Å²) in [4.78, 5) is 17.6. The van der Waals surface area contributed by atoms with Crippen molar-refractivity contribution >= 4 is 11.9 Å². The molecular weight excluding hydrogens is 368 g/mol. The summed E-state index contributed by atoms with van der Waals surface area (Å²) in [6.07, 6.45) is 4.71. The Balaban J connectivity index is 1.38. The summed E-state index contributed by atoms with van der Waals surface area (Å²) in [7, 11) is 3.53. The van der Waals surface area contributed by atoms with E-state index in [1.165, 1.54) is 5.56 Å². The van der Waals surface area contributed by atoms with E-state index in [9.17, 15) is 0 Å². The van der Waals surface area contributed by atoms with Crippen LogP contribution in [-0.2, 0) is 13.0 Å². The molecule has 2 aromatic rings. The molecule has 1 N–H and O–H groups in total. The highest BCUT2D eigenvalue weighted by atomic mass is 16.5. The Morgan fingerprint density at radius 2 is 2.00 bits per heavy atom. The fourth-order valence-corrected chi connectivity index (χ4v) is 3.89. The molecule has 1 aromatic carbocycles. The van der Waals surface area contributed by atoms with Crippen molar-refractivity contribution in [2.24, 2.45) is 4.99 Å². The summed E-state index contributed by atoms with van der Waals surface area (Å²) in [5, 5.41) is 3.48. The Morgan fingerprint density at radius 1 is 1.24 bits per heavy atom. The zero-order chi connectivity index (χ0) is 20.2. The maximum atomic E-state index is 5.91. The van der Waals surface area contributed by atoms with Crippen LogP contribution in [0, 0.1) is 0 Å². The van der Waals surface area contributed by atoms with Crippen LogP contribution in [0.5, 0.6) is 11.5 Å². The fourth-order valence-electron chi connectivity index (χ4n) is 3.89. The average Bonchev–Trinajstić information content (AvgIpc) is 3.13. The first-order valence-corrected chi connectivity index (χ1v) is 10.0. The SMILES string of the molecule is CN=C(NCc1cc2c(cc1OC)CC(C)O2)N1CCN(c2ncccn2)CC1. The first-order valence-electron chi connectivity index (χ1n) is 10.0. The van der Waals surface area contributed by atoms with Crippen LogP contribution in [0.4, 0.5) is 5.95 Å². The number of aromatic nitrogens is 2. The van der Waals surface area contributed by atoms with E-state index in [0.717, 1.165) is 61.6 Å². The van der Waals surface area contributed by atoms with Crippen LogP contribution < -0.4 is 19.7 Å². The topological polar surface area (TPSA) is 75.1 Å². The van der Waals surface area contributed by atoms with Crippen molar-refractivity contribution in [1.29, 1.82) is 0 Å². The standard InChI is InChI=1S/C21H28N6O2/c1-15-11-16-12-18(28-3)17(13-19(16)29-15)14-25-20(22-2)26-7-9-27(10-8-26)21-23-5-4-6-24-21/h4-6,12-13,15H,7-11,14H2,1-3H3,(H,22,25). The van der Waals surface area contributed by atoms with Crippen molar-refractivity contribution in [3.05, 3.63) is 41.7 Å². The van der Waals surface area contributed by atoms with E-state index in [0.29, 0.717) is 6.54 Å². The molecule has 0 radical (unpaired) electrons. The zero-order valence-corrected chi connectivity index (χ0v) is 17.3.